The van der Waals surface area contributed by atoms with Gasteiger partial charge in [0.15, 0.2) is 0 Å². The topological polar surface area (TPSA) is 58.4 Å². The van der Waals surface area contributed by atoms with Crippen molar-refractivity contribution < 1.29 is 9.18 Å². The molecular weight excluding hydrogens is 305 g/mol. The van der Waals surface area contributed by atoms with Gasteiger partial charge in [0, 0.05) is 12.1 Å². The molecule has 1 heterocycles. The third-order valence-corrected chi connectivity index (χ3v) is 4.51. The van der Waals surface area contributed by atoms with Crippen LogP contribution in [0.15, 0.2) is 42.5 Å². The molecule has 24 heavy (non-hydrogen) atoms. The van der Waals surface area contributed by atoms with Crippen LogP contribution >= 0.6 is 0 Å². The zero-order valence-corrected chi connectivity index (χ0v) is 13.8. The molecule has 1 unspecified atom stereocenters. The number of nitrogens with two attached hydrogens (primary N) is 1. The number of likely N-dealkylation sites (N-methyl/N-ethyl adjacent to an activating group) is 1. The van der Waals surface area contributed by atoms with Crippen LogP contribution in [-0.4, -0.2) is 30.9 Å². The van der Waals surface area contributed by atoms with Crippen LogP contribution in [0.1, 0.15) is 34.7 Å². The van der Waals surface area contributed by atoms with E-state index in [4.69, 9.17) is 5.73 Å². The summed E-state index contributed by atoms with van der Waals surface area (Å²) in [5.74, 6) is -0.271. The fourth-order valence-electron chi connectivity index (χ4n) is 3.20. The normalized spacial score (nSPS) is 18.3. The van der Waals surface area contributed by atoms with Gasteiger partial charge in [0.2, 0.25) is 0 Å². The number of carbonyl (C=O) groups is 1. The molecule has 0 saturated carbocycles. The van der Waals surface area contributed by atoms with Crippen LogP contribution in [-0.2, 0) is 0 Å². The number of carbonyl (C=O) groups excluding carboxylic acids is 1. The number of anilines is 2. The minimum atomic E-state index is -0.432. The van der Waals surface area contributed by atoms with Crippen molar-refractivity contribution in [1.29, 1.82) is 0 Å². The minimum Gasteiger partial charge on any atom is -0.397 e. The lowest BCUT2D eigenvalue weighted by Crippen LogP contribution is -2.30. The lowest BCUT2D eigenvalue weighted by Gasteiger charge is -2.30. The molecule has 0 bridgehead atoms. The number of benzene rings is 2. The van der Waals surface area contributed by atoms with Crippen LogP contribution in [0.3, 0.4) is 0 Å². The Hall–Kier alpha value is -2.40. The highest BCUT2D eigenvalue weighted by molar-refractivity contribution is 6.05. The Bertz CT molecular complexity index is 747. The molecule has 1 atom stereocenters. The number of nitrogens with zero attached hydrogens (tertiary/aromatic N) is 1. The molecule has 0 aromatic heterocycles. The van der Waals surface area contributed by atoms with Gasteiger partial charge in [0.05, 0.1) is 11.4 Å². The van der Waals surface area contributed by atoms with E-state index in [1.165, 1.54) is 23.8 Å². The van der Waals surface area contributed by atoms with E-state index in [-0.39, 0.29) is 5.91 Å². The summed E-state index contributed by atoms with van der Waals surface area (Å²) in [6.45, 7) is 2.12. The van der Waals surface area contributed by atoms with E-state index in [1.807, 2.05) is 12.1 Å². The van der Waals surface area contributed by atoms with Crippen LogP contribution in [0.2, 0.25) is 0 Å². The number of nitrogens with one attached hydrogen (secondary N) is 1. The Balaban J connectivity index is 1.78. The molecule has 0 radical (unpaired) electrons. The quantitative estimate of drug-likeness (QED) is 0.849. The second kappa shape index (κ2) is 7.01. The van der Waals surface area contributed by atoms with E-state index in [0.29, 0.717) is 22.9 Å². The van der Waals surface area contributed by atoms with Crippen molar-refractivity contribution in [3.05, 3.63) is 59.4 Å². The number of amides is 1. The Morgan fingerprint density at radius 3 is 2.92 bits per heavy atom. The van der Waals surface area contributed by atoms with Crippen LogP contribution in [0.25, 0.3) is 0 Å². The monoisotopic (exact) mass is 327 g/mol. The van der Waals surface area contributed by atoms with E-state index >= 15 is 0 Å². The fourth-order valence-corrected chi connectivity index (χ4v) is 3.20. The Morgan fingerprint density at radius 2 is 2.12 bits per heavy atom. The van der Waals surface area contributed by atoms with Crippen molar-refractivity contribution in [2.45, 2.75) is 18.8 Å². The first-order chi connectivity index (χ1) is 11.5. The maximum Gasteiger partial charge on any atom is 0.255 e. The van der Waals surface area contributed by atoms with Crippen LogP contribution in [0.5, 0.6) is 0 Å². The predicted octanol–water partition coefficient (Wildman–Crippen LogP) is 3.47. The van der Waals surface area contributed by atoms with Crippen LogP contribution in [0, 0.1) is 5.82 Å². The molecule has 5 heteroatoms. The van der Waals surface area contributed by atoms with Gasteiger partial charge in [-0.1, -0.05) is 12.1 Å². The molecule has 0 spiro atoms. The van der Waals surface area contributed by atoms with Crippen molar-refractivity contribution in [3.8, 4) is 0 Å². The predicted molar refractivity (Wildman–Crippen MR) is 94.7 cm³/mol. The van der Waals surface area contributed by atoms with E-state index < -0.39 is 5.82 Å². The second-order valence-corrected chi connectivity index (χ2v) is 6.41. The summed E-state index contributed by atoms with van der Waals surface area (Å²) in [6, 6.07) is 11.6. The van der Waals surface area contributed by atoms with E-state index in [9.17, 15) is 9.18 Å². The van der Waals surface area contributed by atoms with Crippen molar-refractivity contribution in [2.75, 3.05) is 31.2 Å². The molecular formula is C19H22FN3O. The summed E-state index contributed by atoms with van der Waals surface area (Å²) in [5.41, 5.74) is 8.16. The highest BCUT2D eigenvalue weighted by Crippen LogP contribution is 2.27. The largest absolute Gasteiger partial charge is 0.397 e. The highest BCUT2D eigenvalue weighted by atomic mass is 19.1. The number of piperidine rings is 1. The summed E-state index contributed by atoms with van der Waals surface area (Å²) >= 11 is 0. The lowest BCUT2D eigenvalue weighted by atomic mass is 9.90. The molecule has 2 aromatic carbocycles. The van der Waals surface area contributed by atoms with Gasteiger partial charge in [-0.05, 0) is 68.2 Å². The number of nitrogen functional groups attached to an aromatic ring is 1. The SMILES string of the molecule is CN1CCCC(c2cccc(C(=O)Nc3cc(F)ccc3N)c2)C1. The summed E-state index contributed by atoms with van der Waals surface area (Å²) in [4.78, 5) is 14.8. The zero-order valence-electron chi connectivity index (χ0n) is 13.8. The summed E-state index contributed by atoms with van der Waals surface area (Å²) in [6.07, 6.45) is 2.30. The van der Waals surface area contributed by atoms with Crippen molar-refractivity contribution in [2.24, 2.45) is 0 Å². The number of likely N-dealkylation sites (tertiary alicyclic amines) is 1. The second-order valence-electron chi connectivity index (χ2n) is 6.41. The molecule has 1 fully saturated rings. The molecule has 2 aromatic rings. The Labute approximate surface area is 141 Å². The average Bonchev–Trinajstić information content (AvgIpc) is 2.58. The molecule has 1 amide bonds. The van der Waals surface area contributed by atoms with Crippen molar-refractivity contribution in [1.82, 2.24) is 4.90 Å². The molecule has 0 aliphatic carbocycles. The van der Waals surface area contributed by atoms with Crippen LogP contribution in [0.4, 0.5) is 15.8 Å². The minimum absolute atomic E-state index is 0.279. The molecule has 4 nitrogen and oxygen atoms in total. The van der Waals surface area contributed by atoms with Gasteiger partial charge in [-0.15, -0.1) is 0 Å². The molecule has 126 valence electrons. The summed E-state index contributed by atoms with van der Waals surface area (Å²) in [5, 5.41) is 2.69. The van der Waals surface area contributed by atoms with Crippen molar-refractivity contribution in [3.63, 3.8) is 0 Å². The number of rotatable bonds is 3. The van der Waals surface area contributed by atoms with Gasteiger partial charge >= 0.3 is 0 Å². The summed E-state index contributed by atoms with van der Waals surface area (Å²) < 4.78 is 13.3. The van der Waals surface area contributed by atoms with E-state index in [2.05, 4.69) is 23.3 Å². The Kier molecular flexibility index (Phi) is 4.81. The molecule has 1 saturated heterocycles. The zero-order chi connectivity index (χ0) is 17.1. The van der Waals surface area contributed by atoms with Crippen LogP contribution < -0.4 is 11.1 Å². The first-order valence-corrected chi connectivity index (χ1v) is 8.18. The van der Waals surface area contributed by atoms with Gasteiger partial charge in [-0.25, -0.2) is 4.39 Å². The first kappa shape index (κ1) is 16.5. The van der Waals surface area contributed by atoms with Crippen molar-refractivity contribution >= 4 is 17.3 Å². The maximum atomic E-state index is 13.3. The smallest absolute Gasteiger partial charge is 0.255 e. The van der Waals surface area contributed by atoms with Gasteiger partial charge in [0.1, 0.15) is 5.82 Å². The highest BCUT2D eigenvalue weighted by Gasteiger charge is 2.20. The first-order valence-electron chi connectivity index (χ1n) is 8.18. The van der Waals surface area contributed by atoms with Gasteiger partial charge in [0.25, 0.3) is 5.91 Å². The summed E-state index contributed by atoms with van der Waals surface area (Å²) in [7, 11) is 2.12. The standard InChI is InChI=1S/C19H22FN3O/c1-23-9-3-6-15(12-23)13-4-2-5-14(10-13)19(24)22-18-11-16(20)7-8-17(18)21/h2,4-5,7-8,10-11,15H,3,6,9,12,21H2,1H3,(H,22,24). The van der Waals surface area contributed by atoms with E-state index in [0.717, 1.165) is 25.9 Å². The van der Waals surface area contributed by atoms with Gasteiger partial charge in [-0.3, -0.25) is 4.79 Å². The number of halogens is 1. The third kappa shape index (κ3) is 3.74. The molecule has 1 aliphatic rings. The van der Waals surface area contributed by atoms with Gasteiger partial charge in [-0.2, -0.15) is 0 Å². The molecule has 3 N–H and O–H groups in total. The number of hydrogen-bond donors (Lipinski definition) is 2. The van der Waals surface area contributed by atoms with E-state index in [1.54, 1.807) is 6.07 Å². The average molecular weight is 327 g/mol. The lowest BCUT2D eigenvalue weighted by molar-refractivity contribution is 0.102. The number of hydrogen-bond acceptors (Lipinski definition) is 3. The Morgan fingerprint density at radius 1 is 1.29 bits per heavy atom. The third-order valence-electron chi connectivity index (χ3n) is 4.51. The molecule has 1 aliphatic heterocycles. The maximum absolute atomic E-state index is 13.3. The van der Waals surface area contributed by atoms with Gasteiger partial charge < -0.3 is 16.0 Å². The molecule has 3 rings (SSSR count). The fraction of sp³-hybridized carbons (Fsp3) is 0.316.